The van der Waals surface area contributed by atoms with Crippen LogP contribution in [0.2, 0.25) is 25.3 Å². The second kappa shape index (κ2) is 24.8. The van der Waals surface area contributed by atoms with Gasteiger partial charge in [-0.05, 0) is 54.5 Å². The number of hydrogen-bond donors (Lipinski definition) is 4. The van der Waals surface area contributed by atoms with E-state index in [0.29, 0.717) is 56.5 Å². The fourth-order valence-electron chi connectivity index (χ4n) is 6.30. The fraction of sp³-hybridized carbons (Fsp3) is 0.600. The first kappa shape index (κ1) is 47.5. The highest BCUT2D eigenvalue weighted by Gasteiger charge is 2.35. The number of Topliss-reactive ketones (excluding diaryl/α,β-unsaturated/α-hetero) is 2. The molecule has 0 aromatic heterocycles. The summed E-state index contributed by atoms with van der Waals surface area (Å²) in [4.78, 5) is 50.7. The first-order valence-electron chi connectivity index (χ1n) is 19.3. The number of rotatable bonds is 22. The summed E-state index contributed by atoms with van der Waals surface area (Å²) in [5.74, 6) is 0.817. The summed E-state index contributed by atoms with van der Waals surface area (Å²) in [6.45, 7) is 8.64. The van der Waals surface area contributed by atoms with Gasteiger partial charge in [0.1, 0.15) is 6.71 Å². The first-order chi connectivity index (χ1) is 24.8. The van der Waals surface area contributed by atoms with Crippen LogP contribution in [0.3, 0.4) is 0 Å². The third-order valence-electron chi connectivity index (χ3n) is 10.5. The smallest absolute Gasteiger partial charge is 0.427 e. The molecule has 4 rings (SSSR count). The Bertz CT molecular complexity index is 1300. The second-order valence-corrected chi connectivity index (χ2v) is 16.6. The summed E-state index contributed by atoms with van der Waals surface area (Å²) in [5, 5.41) is 25.2. The van der Waals surface area contributed by atoms with Gasteiger partial charge in [0.05, 0.1) is 12.1 Å². The van der Waals surface area contributed by atoms with Crippen LogP contribution < -0.4 is 10.6 Å². The largest absolute Gasteiger partial charge is 0.455 e. The summed E-state index contributed by atoms with van der Waals surface area (Å²) in [5.41, 5.74) is 2.06. The van der Waals surface area contributed by atoms with Crippen LogP contribution in [0.15, 0.2) is 60.7 Å². The highest BCUT2D eigenvalue weighted by atomic mass is 127. The van der Waals surface area contributed by atoms with E-state index < -0.39 is 25.0 Å². The molecule has 0 aliphatic heterocycles. The lowest BCUT2D eigenvalue weighted by Gasteiger charge is -2.24. The number of carbonyl (C=O) groups is 4. The van der Waals surface area contributed by atoms with Crippen molar-refractivity contribution < 1.29 is 29.2 Å². The van der Waals surface area contributed by atoms with Crippen molar-refractivity contribution in [1.82, 2.24) is 10.6 Å². The van der Waals surface area contributed by atoms with Gasteiger partial charge in [-0.25, -0.2) is 0 Å². The Kier molecular flexibility index (Phi) is 22.2. The molecule has 8 nitrogen and oxygen atoms in total. The molecule has 2 saturated carbocycles. The Morgan fingerprint density at radius 2 is 1.04 bits per heavy atom. The molecule has 53 heavy (non-hydrogen) atoms. The average Bonchev–Trinajstić information content (AvgIpc) is 4.08. The van der Waals surface area contributed by atoms with Crippen molar-refractivity contribution in [3.63, 3.8) is 0 Å². The van der Waals surface area contributed by atoms with Crippen LogP contribution in [0, 0.1) is 23.7 Å². The van der Waals surface area contributed by atoms with E-state index in [2.05, 4.69) is 42.8 Å². The molecule has 0 bridgehead atoms. The SMILES string of the molecule is CB(C)C(CC(=O)C(Cc1ccccc1)NC(=O)C(C)CP)CC1CC1.CC(CP)C(=O)NC(Cc1ccccc1)C(=O)CC(CC1CC1)B(O)O.I. The predicted molar refractivity (Wildman–Crippen MR) is 236 cm³/mol. The van der Waals surface area contributed by atoms with Crippen LogP contribution in [-0.2, 0) is 32.0 Å². The monoisotopic (exact) mass is 878 g/mol. The molecule has 8 unspecified atom stereocenters. The van der Waals surface area contributed by atoms with Crippen molar-refractivity contribution in [2.24, 2.45) is 23.7 Å². The molecule has 4 N–H and O–H groups in total. The van der Waals surface area contributed by atoms with Gasteiger partial charge >= 0.3 is 7.12 Å². The molecule has 2 aromatic rings. The molecule has 2 aliphatic rings. The van der Waals surface area contributed by atoms with Crippen molar-refractivity contribution >= 4 is 79.7 Å². The Morgan fingerprint density at radius 3 is 1.36 bits per heavy atom. The Labute approximate surface area is 341 Å². The lowest BCUT2D eigenvalue weighted by Crippen LogP contribution is -2.45. The van der Waals surface area contributed by atoms with Crippen molar-refractivity contribution in [3.8, 4) is 0 Å². The van der Waals surface area contributed by atoms with E-state index in [1.807, 2.05) is 74.5 Å². The molecule has 0 heterocycles. The summed E-state index contributed by atoms with van der Waals surface area (Å²) < 4.78 is 0. The van der Waals surface area contributed by atoms with Crippen molar-refractivity contribution in [3.05, 3.63) is 71.8 Å². The molecular weight excluding hydrogens is 815 g/mol. The van der Waals surface area contributed by atoms with Crippen LogP contribution in [0.4, 0.5) is 0 Å². The number of halogens is 1. The van der Waals surface area contributed by atoms with Gasteiger partial charge in [-0.1, -0.05) is 126 Å². The van der Waals surface area contributed by atoms with Gasteiger partial charge in [0.15, 0.2) is 11.6 Å². The van der Waals surface area contributed by atoms with Gasteiger partial charge in [0, 0.05) is 30.5 Å². The zero-order valence-corrected chi connectivity index (χ0v) is 36.8. The number of ketones is 2. The zero-order valence-electron chi connectivity index (χ0n) is 32.1. The first-order valence-corrected chi connectivity index (χ1v) is 20.9. The normalized spacial score (nSPS) is 16.9. The Morgan fingerprint density at radius 1 is 0.679 bits per heavy atom. The summed E-state index contributed by atoms with van der Waals surface area (Å²) >= 11 is 0. The Hall–Kier alpha value is -1.64. The minimum absolute atomic E-state index is 0. The second-order valence-electron chi connectivity index (χ2n) is 15.7. The van der Waals surface area contributed by atoms with Crippen molar-refractivity contribution in [1.29, 1.82) is 0 Å². The maximum Gasteiger partial charge on any atom is 0.455 e. The number of amides is 2. The molecule has 0 spiro atoms. The number of carbonyl (C=O) groups excluding carboxylic acids is 4. The number of hydrogen-bond acceptors (Lipinski definition) is 6. The molecule has 2 fully saturated rings. The Balaban J connectivity index is 0.000000360. The highest BCUT2D eigenvalue weighted by Crippen LogP contribution is 2.40. The molecule has 2 amide bonds. The minimum atomic E-state index is -1.50. The van der Waals surface area contributed by atoms with Gasteiger partial charge in [0.25, 0.3) is 0 Å². The maximum atomic E-state index is 13.1. The van der Waals surface area contributed by atoms with Gasteiger partial charge in [0.2, 0.25) is 11.8 Å². The third-order valence-corrected chi connectivity index (χ3v) is 11.9. The fourth-order valence-corrected chi connectivity index (χ4v) is 6.73. The maximum absolute atomic E-state index is 13.1. The third kappa shape index (κ3) is 18.2. The van der Waals surface area contributed by atoms with E-state index >= 15 is 0 Å². The topological polar surface area (TPSA) is 133 Å². The molecule has 2 aromatic carbocycles. The summed E-state index contributed by atoms with van der Waals surface area (Å²) in [7, 11) is 3.64. The molecule has 0 saturated heterocycles. The van der Waals surface area contributed by atoms with Crippen LogP contribution in [0.1, 0.15) is 76.3 Å². The zero-order chi connectivity index (χ0) is 38.2. The van der Waals surface area contributed by atoms with Crippen LogP contribution in [-0.4, -0.2) is 71.7 Å². The molecule has 13 heteroatoms. The van der Waals surface area contributed by atoms with Gasteiger partial charge in [-0.3, -0.25) is 19.2 Å². The van der Waals surface area contributed by atoms with Crippen LogP contribution in [0.5, 0.6) is 0 Å². The van der Waals surface area contributed by atoms with Gasteiger partial charge in [-0.15, -0.1) is 42.5 Å². The van der Waals surface area contributed by atoms with E-state index in [-0.39, 0.29) is 65.6 Å². The molecule has 292 valence electrons. The molecule has 2 aliphatic carbocycles. The van der Waals surface area contributed by atoms with Crippen LogP contribution >= 0.6 is 42.5 Å². The lowest BCUT2D eigenvalue weighted by molar-refractivity contribution is -0.129. The van der Waals surface area contributed by atoms with E-state index in [4.69, 9.17) is 0 Å². The average molecular weight is 878 g/mol. The van der Waals surface area contributed by atoms with Gasteiger partial charge in [-0.2, -0.15) is 0 Å². The standard InChI is InChI=1S/C21H33BNO2P.C19H29BNO4P.HI/c1-15(14-26)21(25)23-19(12-16-7-5-4-6-8-16)20(24)13-18(22(2)3)11-17-9-10-17;1-13(12-26)19(23)21-17(10-14-5-3-2-4-6-14)18(22)11-16(20(24)25)9-15-7-8-15;/h4-8,15,17-19H,9-14,26H2,1-3H3,(H,23,25);2-6,13,15-17,24-25H,7-12,26H2,1H3,(H,21,23);1H. The van der Waals surface area contributed by atoms with E-state index in [0.717, 1.165) is 36.3 Å². The van der Waals surface area contributed by atoms with Crippen molar-refractivity contribution in [2.75, 3.05) is 12.3 Å². The predicted octanol–water partition coefficient (Wildman–Crippen LogP) is 6.55. The summed E-state index contributed by atoms with van der Waals surface area (Å²) in [6.07, 6.45) is 9.56. The van der Waals surface area contributed by atoms with Crippen molar-refractivity contribution in [2.45, 2.75) is 115 Å². The molecular formula is C40H63B2IN2O6P2. The van der Waals surface area contributed by atoms with Gasteiger partial charge < -0.3 is 20.7 Å². The van der Waals surface area contributed by atoms with E-state index in [1.165, 1.54) is 12.8 Å². The number of benzene rings is 2. The number of nitrogens with one attached hydrogen (secondary N) is 2. The lowest BCUT2D eigenvalue weighted by atomic mass is 9.43. The van der Waals surface area contributed by atoms with E-state index in [9.17, 15) is 29.2 Å². The van der Waals surface area contributed by atoms with Crippen LogP contribution in [0.25, 0.3) is 0 Å². The molecule has 0 radical (unpaired) electrons. The van der Waals surface area contributed by atoms with E-state index in [1.54, 1.807) is 0 Å². The summed E-state index contributed by atoms with van der Waals surface area (Å²) in [6, 6.07) is 18.5. The minimum Gasteiger partial charge on any atom is -0.427 e. The quantitative estimate of drug-likeness (QED) is 0.0603. The highest BCUT2D eigenvalue weighted by molar-refractivity contribution is 14.0. The molecule has 8 atom stereocenters.